The van der Waals surface area contributed by atoms with E-state index in [9.17, 15) is 4.79 Å². The highest BCUT2D eigenvalue weighted by molar-refractivity contribution is 9.10. The summed E-state index contributed by atoms with van der Waals surface area (Å²) < 4.78 is 14.6. The summed E-state index contributed by atoms with van der Waals surface area (Å²) in [6.07, 6.45) is 2.22. The van der Waals surface area contributed by atoms with Gasteiger partial charge in [0.2, 0.25) is 5.90 Å². The van der Waals surface area contributed by atoms with Crippen LogP contribution in [0.25, 0.3) is 5.69 Å². The van der Waals surface area contributed by atoms with Gasteiger partial charge in [-0.2, -0.15) is 14.5 Å². The van der Waals surface area contributed by atoms with E-state index in [1.54, 1.807) is 31.5 Å². The summed E-state index contributed by atoms with van der Waals surface area (Å²) in [5.41, 5.74) is 2.15. The van der Waals surface area contributed by atoms with Gasteiger partial charge in [-0.3, -0.25) is 4.98 Å². The summed E-state index contributed by atoms with van der Waals surface area (Å²) in [4.78, 5) is 16.6. The van der Waals surface area contributed by atoms with E-state index in [2.05, 4.69) is 41.5 Å². The molecular weight excluding hydrogens is 466 g/mol. The number of benzene rings is 1. The van der Waals surface area contributed by atoms with E-state index in [1.165, 1.54) is 11.7 Å². The fraction of sp³-hybridized carbons (Fsp3) is 0.300. The lowest BCUT2D eigenvalue weighted by molar-refractivity contribution is 0.275. The summed E-state index contributed by atoms with van der Waals surface area (Å²) >= 11 is 3.42. The Morgan fingerprint density at radius 3 is 2.68 bits per heavy atom. The standard InChI is InChI=1S/C20H22BrN7O3/c1-5-19(24-23-13(2)16-11-14(21)9-10-22-16)31-12-15-17(7-6-8-18(15)30-4)28-20(29)27(3)25-26-28/h6-11H,5,12H2,1-4H3/b23-13+,24-19+. The average molecular weight is 488 g/mol. The van der Waals surface area contributed by atoms with E-state index in [-0.39, 0.29) is 12.3 Å². The molecule has 0 spiro atoms. The topological polar surface area (TPSA) is 109 Å². The summed E-state index contributed by atoms with van der Waals surface area (Å²) in [7, 11) is 3.08. The largest absolute Gasteiger partial charge is 0.496 e. The fourth-order valence-corrected chi connectivity index (χ4v) is 3.03. The molecular formula is C20H22BrN7O3. The van der Waals surface area contributed by atoms with E-state index >= 15 is 0 Å². The van der Waals surface area contributed by atoms with E-state index in [0.717, 1.165) is 9.15 Å². The van der Waals surface area contributed by atoms with Crippen molar-refractivity contribution in [1.29, 1.82) is 0 Å². The molecule has 0 atom stereocenters. The summed E-state index contributed by atoms with van der Waals surface area (Å²) in [5.74, 6) is 0.987. The Morgan fingerprint density at radius 2 is 2.03 bits per heavy atom. The van der Waals surface area contributed by atoms with Crippen LogP contribution in [0.2, 0.25) is 0 Å². The van der Waals surface area contributed by atoms with Crippen LogP contribution in [-0.4, -0.2) is 43.5 Å². The number of hydrogen-bond acceptors (Lipinski definition) is 8. The lowest BCUT2D eigenvalue weighted by Crippen LogP contribution is -2.23. The molecule has 0 N–H and O–H groups in total. The molecule has 0 amide bonds. The van der Waals surface area contributed by atoms with Gasteiger partial charge in [-0.15, -0.1) is 5.10 Å². The third kappa shape index (κ3) is 5.23. The maximum Gasteiger partial charge on any atom is 0.368 e. The Kier molecular flexibility index (Phi) is 7.29. The highest BCUT2D eigenvalue weighted by atomic mass is 79.9. The Labute approximate surface area is 187 Å². The van der Waals surface area contributed by atoms with E-state index in [4.69, 9.17) is 9.47 Å². The number of nitrogens with zero attached hydrogens (tertiary/aromatic N) is 7. The van der Waals surface area contributed by atoms with Crippen molar-refractivity contribution in [2.24, 2.45) is 17.3 Å². The van der Waals surface area contributed by atoms with Crippen LogP contribution in [0, 0.1) is 0 Å². The predicted octanol–water partition coefficient (Wildman–Crippen LogP) is 2.88. The maximum atomic E-state index is 12.3. The predicted molar refractivity (Wildman–Crippen MR) is 120 cm³/mol. The van der Waals surface area contributed by atoms with Crippen LogP contribution in [0.5, 0.6) is 5.75 Å². The van der Waals surface area contributed by atoms with Crippen LogP contribution in [0.1, 0.15) is 31.5 Å². The lowest BCUT2D eigenvalue weighted by atomic mass is 10.1. The number of halogens is 1. The van der Waals surface area contributed by atoms with Crippen LogP contribution in [0.3, 0.4) is 0 Å². The molecule has 2 aromatic heterocycles. The fourth-order valence-electron chi connectivity index (χ4n) is 2.70. The van der Waals surface area contributed by atoms with Crippen molar-refractivity contribution in [1.82, 2.24) is 24.8 Å². The first-order valence-electron chi connectivity index (χ1n) is 9.45. The molecule has 3 rings (SSSR count). The molecule has 0 radical (unpaired) electrons. The summed E-state index contributed by atoms with van der Waals surface area (Å²) in [6.45, 7) is 3.85. The van der Waals surface area contributed by atoms with Gasteiger partial charge in [-0.1, -0.05) is 28.9 Å². The first kappa shape index (κ1) is 22.3. The second-order valence-corrected chi connectivity index (χ2v) is 7.35. The van der Waals surface area contributed by atoms with Gasteiger partial charge in [0.1, 0.15) is 12.4 Å². The molecule has 2 heterocycles. The molecule has 0 aliphatic rings. The van der Waals surface area contributed by atoms with Crippen molar-refractivity contribution < 1.29 is 9.47 Å². The van der Waals surface area contributed by atoms with Gasteiger partial charge < -0.3 is 9.47 Å². The van der Waals surface area contributed by atoms with Gasteiger partial charge in [-0.05, 0) is 41.6 Å². The summed E-state index contributed by atoms with van der Waals surface area (Å²) in [5, 5.41) is 16.2. The van der Waals surface area contributed by atoms with Crippen molar-refractivity contribution in [3.63, 3.8) is 0 Å². The molecule has 0 fully saturated rings. The Morgan fingerprint density at radius 1 is 1.23 bits per heavy atom. The molecule has 31 heavy (non-hydrogen) atoms. The maximum absolute atomic E-state index is 12.3. The number of pyridine rings is 1. The number of aromatic nitrogens is 5. The van der Waals surface area contributed by atoms with Gasteiger partial charge >= 0.3 is 5.69 Å². The van der Waals surface area contributed by atoms with Crippen LogP contribution >= 0.6 is 15.9 Å². The van der Waals surface area contributed by atoms with Crippen molar-refractivity contribution in [2.45, 2.75) is 26.9 Å². The van der Waals surface area contributed by atoms with Gasteiger partial charge in [0.15, 0.2) is 0 Å². The number of methoxy groups -OCH3 is 1. The third-order valence-corrected chi connectivity index (χ3v) is 4.86. The highest BCUT2D eigenvalue weighted by Gasteiger charge is 2.16. The zero-order valence-corrected chi connectivity index (χ0v) is 19.2. The normalized spacial score (nSPS) is 12.2. The van der Waals surface area contributed by atoms with Crippen LogP contribution in [0.15, 0.2) is 56.0 Å². The third-order valence-electron chi connectivity index (χ3n) is 4.37. The van der Waals surface area contributed by atoms with Gasteiger partial charge in [0, 0.05) is 24.1 Å². The number of hydrogen-bond donors (Lipinski definition) is 0. The van der Waals surface area contributed by atoms with Gasteiger partial charge in [0.25, 0.3) is 0 Å². The smallest absolute Gasteiger partial charge is 0.368 e. The summed E-state index contributed by atoms with van der Waals surface area (Å²) in [6, 6.07) is 9.01. The molecule has 10 nitrogen and oxygen atoms in total. The molecule has 0 saturated carbocycles. The first-order chi connectivity index (χ1) is 14.9. The second-order valence-electron chi connectivity index (χ2n) is 6.44. The Bertz CT molecular complexity index is 1180. The lowest BCUT2D eigenvalue weighted by Gasteiger charge is -2.14. The molecule has 0 saturated heterocycles. The molecule has 0 unspecified atom stereocenters. The molecule has 0 bridgehead atoms. The highest BCUT2D eigenvalue weighted by Crippen LogP contribution is 2.25. The minimum Gasteiger partial charge on any atom is -0.496 e. The molecule has 0 aliphatic carbocycles. The zero-order valence-electron chi connectivity index (χ0n) is 17.6. The molecule has 3 aromatic rings. The zero-order chi connectivity index (χ0) is 22.4. The van der Waals surface area contributed by atoms with Gasteiger partial charge in [0.05, 0.1) is 29.8 Å². The van der Waals surface area contributed by atoms with Crippen molar-refractivity contribution in [3.8, 4) is 11.4 Å². The quantitative estimate of drug-likeness (QED) is 0.288. The number of ether oxygens (including phenoxy) is 2. The minimum absolute atomic E-state index is 0.110. The van der Waals surface area contributed by atoms with Crippen molar-refractivity contribution >= 4 is 27.5 Å². The van der Waals surface area contributed by atoms with Crippen LogP contribution in [0.4, 0.5) is 0 Å². The molecule has 1 aromatic carbocycles. The Hall–Kier alpha value is -3.34. The monoisotopic (exact) mass is 487 g/mol. The molecule has 162 valence electrons. The minimum atomic E-state index is -0.374. The van der Waals surface area contributed by atoms with Crippen LogP contribution < -0.4 is 10.4 Å². The Balaban J connectivity index is 1.87. The number of aryl methyl sites for hydroxylation is 1. The van der Waals surface area contributed by atoms with E-state index in [1.807, 2.05) is 26.0 Å². The first-order valence-corrected chi connectivity index (χ1v) is 10.2. The number of rotatable bonds is 7. The molecule has 0 aliphatic heterocycles. The van der Waals surface area contributed by atoms with E-state index in [0.29, 0.717) is 40.7 Å². The van der Waals surface area contributed by atoms with Crippen molar-refractivity contribution in [2.75, 3.05) is 7.11 Å². The van der Waals surface area contributed by atoms with Gasteiger partial charge in [-0.25, -0.2) is 4.79 Å². The average Bonchev–Trinajstić information content (AvgIpc) is 3.11. The molecule has 11 heteroatoms. The SMILES string of the molecule is CC/C(=N\N=C(/C)c1cc(Br)ccn1)OCc1c(OC)cccc1-n1nnn(C)c1=O. The van der Waals surface area contributed by atoms with Crippen LogP contribution in [-0.2, 0) is 18.4 Å². The number of tetrazole rings is 1. The second kappa shape index (κ2) is 10.1. The van der Waals surface area contributed by atoms with E-state index < -0.39 is 0 Å². The van der Waals surface area contributed by atoms with Crippen molar-refractivity contribution in [3.05, 3.63) is 62.7 Å².